The molecule has 0 spiro atoms. The average Bonchev–Trinajstić information content (AvgIpc) is 2.42. The molecule has 2 rings (SSSR count). The van der Waals surface area contributed by atoms with Crippen molar-refractivity contribution in [3.05, 3.63) is 23.8 Å². The number of benzene rings is 1. The van der Waals surface area contributed by atoms with Crippen LogP contribution in [0.25, 0.3) is 0 Å². The van der Waals surface area contributed by atoms with Crippen molar-refractivity contribution in [3.63, 3.8) is 0 Å². The van der Waals surface area contributed by atoms with Crippen molar-refractivity contribution in [2.75, 3.05) is 38.7 Å². The zero-order valence-corrected chi connectivity index (χ0v) is 11.2. The molecule has 0 fully saturated rings. The molecule has 1 heterocycles. The summed E-state index contributed by atoms with van der Waals surface area (Å²) in [5, 5.41) is 11.6. The van der Waals surface area contributed by atoms with Crippen molar-refractivity contribution < 1.29 is 14.6 Å². The zero-order chi connectivity index (χ0) is 13.7. The van der Waals surface area contributed by atoms with E-state index in [0.717, 1.165) is 37.4 Å². The van der Waals surface area contributed by atoms with Gasteiger partial charge in [0.1, 0.15) is 5.75 Å². The highest BCUT2D eigenvalue weighted by atomic mass is 16.5. The van der Waals surface area contributed by atoms with Gasteiger partial charge in [0.05, 0.1) is 5.69 Å². The van der Waals surface area contributed by atoms with E-state index in [4.69, 9.17) is 9.84 Å². The first-order valence-corrected chi connectivity index (χ1v) is 6.54. The number of fused-ring (bicyclic) bond motifs is 1. The Labute approximate surface area is 113 Å². The number of aliphatic hydroxyl groups excluding tert-OH is 1. The lowest BCUT2D eigenvalue weighted by Crippen LogP contribution is -2.26. The first-order valence-electron chi connectivity index (χ1n) is 6.54. The third kappa shape index (κ3) is 3.94. The molecule has 0 bridgehead atoms. The fourth-order valence-corrected chi connectivity index (χ4v) is 2.06. The van der Waals surface area contributed by atoms with E-state index in [1.165, 1.54) is 5.56 Å². The Kier molecular flexibility index (Phi) is 4.76. The van der Waals surface area contributed by atoms with Crippen LogP contribution in [0, 0.1) is 0 Å². The summed E-state index contributed by atoms with van der Waals surface area (Å²) in [6, 6.07) is 5.89. The lowest BCUT2D eigenvalue weighted by atomic mass is 10.1. The van der Waals surface area contributed by atoms with Crippen LogP contribution in [-0.4, -0.2) is 49.3 Å². The minimum absolute atomic E-state index is 0.0935. The number of nitrogens with one attached hydrogen (secondary N) is 1. The summed E-state index contributed by atoms with van der Waals surface area (Å²) in [5.41, 5.74) is 1.92. The number of nitrogens with zero attached hydrogens (tertiary/aromatic N) is 1. The summed E-state index contributed by atoms with van der Waals surface area (Å²) >= 11 is 0. The van der Waals surface area contributed by atoms with Crippen molar-refractivity contribution >= 4 is 11.6 Å². The zero-order valence-electron chi connectivity index (χ0n) is 11.2. The molecule has 1 aliphatic rings. The molecule has 2 N–H and O–H groups in total. The highest BCUT2D eigenvalue weighted by Gasteiger charge is 2.15. The van der Waals surface area contributed by atoms with Gasteiger partial charge in [0.25, 0.3) is 5.91 Å². The molecule has 0 radical (unpaired) electrons. The number of amides is 1. The summed E-state index contributed by atoms with van der Waals surface area (Å²) in [4.78, 5) is 13.4. The minimum atomic E-state index is -0.107. The highest BCUT2D eigenvalue weighted by Crippen LogP contribution is 2.28. The van der Waals surface area contributed by atoms with Crippen molar-refractivity contribution in [1.82, 2.24) is 4.90 Å². The molecule has 1 amide bonds. The fraction of sp³-hybridized carbons (Fsp3) is 0.500. The first kappa shape index (κ1) is 13.8. The number of ether oxygens (including phenoxy) is 1. The molecule has 0 saturated heterocycles. The van der Waals surface area contributed by atoms with E-state index in [0.29, 0.717) is 0 Å². The van der Waals surface area contributed by atoms with E-state index in [2.05, 4.69) is 10.2 Å². The molecular formula is C14H20N2O3. The van der Waals surface area contributed by atoms with Gasteiger partial charge in [-0.1, -0.05) is 6.07 Å². The summed E-state index contributed by atoms with van der Waals surface area (Å²) in [7, 11) is 2.04. The topological polar surface area (TPSA) is 61.8 Å². The fourth-order valence-electron chi connectivity index (χ4n) is 2.06. The molecular weight excluding hydrogens is 244 g/mol. The third-order valence-electron chi connectivity index (χ3n) is 3.16. The smallest absolute Gasteiger partial charge is 0.262 e. The second-order valence-electron chi connectivity index (χ2n) is 4.80. The van der Waals surface area contributed by atoms with Gasteiger partial charge in [0.15, 0.2) is 6.61 Å². The van der Waals surface area contributed by atoms with Gasteiger partial charge in [-0.2, -0.15) is 0 Å². The second kappa shape index (κ2) is 6.54. The number of likely N-dealkylation sites (N-methyl/N-ethyl adjacent to an activating group) is 1. The van der Waals surface area contributed by atoms with Crippen molar-refractivity contribution in [3.8, 4) is 5.75 Å². The molecule has 1 aliphatic heterocycles. The van der Waals surface area contributed by atoms with Crippen LogP contribution in [0.1, 0.15) is 12.0 Å². The maximum absolute atomic E-state index is 11.3. The summed E-state index contributed by atoms with van der Waals surface area (Å²) in [5.74, 6) is 0.627. The van der Waals surface area contributed by atoms with Crippen LogP contribution >= 0.6 is 0 Å². The lowest BCUT2D eigenvalue weighted by Gasteiger charge is -2.19. The molecule has 1 aromatic rings. The molecule has 1 aromatic carbocycles. The molecule has 5 heteroatoms. The number of hydrogen-bond acceptors (Lipinski definition) is 4. The SMILES string of the molecule is CN(CCCO)CCc1ccc2c(c1)NC(=O)CO2. The summed E-state index contributed by atoms with van der Waals surface area (Å²) in [6.45, 7) is 2.14. The Hall–Kier alpha value is -1.59. The summed E-state index contributed by atoms with van der Waals surface area (Å²) < 4.78 is 5.32. The minimum Gasteiger partial charge on any atom is -0.482 e. The van der Waals surface area contributed by atoms with Crippen LogP contribution in [0.2, 0.25) is 0 Å². The molecule has 0 aliphatic carbocycles. The van der Waals surface area contributed by atoms with E-state index in [9.17, 15) is 4.79 Å². The third-order valence-corrected chi connectivity index (χ3v) is 3.16. The highest BCUT2D eigenvalue weighted by molar-refractivity contribution is 5.95. The lowest BCUT2D eigenvalue weighted by molar-refractivity contribution is -0.118. The first-order chi connectivity index (χ1) is 9.19. The van der Waals surface area contributed by atoms with Crippen LogP contribution in [0.15, 0.2) is 18.2 Å². The molecule has 0 unspecified atom stereocenters. The molecule has 104 valence electrons. The van der Waals surface area contributed by atoms with Gasteiger partial charge in [0, 0.05) is 19.7 Å². The Balaban J connectivity index is 1.91. The Morgan fingerprint density at radius 2 is 2.26 bits per heavy atom. The molecule has 19 heavy (non-hydrogen) atoms. The molecule has 0 aromatic heterocycles. The van der Waals surface area contributed by atoms with Gasteiger partial charge in [-0.05, 0) is 37.6 Å². The van der Waals surface area contributed by atoms with Gasteiger partial charge < -0.3 is 20.1 Å². The maximum atomic E-state index is 11.3. The van der Waals surface area contributed by atoms with E-state index in [1.54, 1.807) is 0 Å². The maximum Gasteiger partial charge on any atom is 0.262 e. The largest absolute Gasteiger partial charge is 0.482 e. The number of carbonyl (C=O) groups is 1. The number of rotatable bonds is 6. The quantitative estimate of drug-likeness (QED) is 0.800. The van der Waals surface area contributed by atoms with E-state index in [-0.39, 0.29) is 19.1 Å². The van der Waals surface area contributed by atoms with Crippen LogP contribution < -0.4 is 10.1 Å². The Morgan fingerprint density at radius 3 is 3.05 bits per heavy atom. The van der Waals surface area contributed by atoms with Crippen LogP contribution in [-0.2, 0) is 11.2 Å². The molecule has 0 atom stereocenters. The van der Waals surface area contributed by atoms with Gasteiger partial charge in [-0.3, -0.25) is 4.79 Å². The van der Waals surface area contributed by atoms with Gasteiger partial charge in [-0.25, -0.2) is 0 Å². The van der Waals surface area contributed by atoms with E-state index >= 15 is 0 Å². The number of anilines is 1. The van der Waals surface area contributed by atoms with Crippen LogP contribution in [0.3, 0.4) is 0 Å². The van der Waals surface area contributed by atoms with Gasteiger partial charge >= 0.3 is 0 Å². The summed E-state index contributed by atoms with van der Waals surface area (Å²) in [6.07, 6.45) is 1.70. The molecule has 5 nitrogen and oxygen atoms in total. The predicted molar refractivity (Wildman–Crippen MR) is 73.5 cm³/mol. The standard InChI is InChI=1S/C14H20N2O3/c1-16(6-2-8-17)7-5-11-3-4-13-12(9-11)15-14(18)10-19-13/h3-4,9,17H,2,5-8,10H2,1H3,(H,15,18). The average molecular weight is 264 g/mol. The monoisotopic (exact) mass is 264 g/mol. The number of carbonyl (C=O) groups excluding carboxylic acids is 1. The van der Waals surface area contributed by atoms with Gasteiger partial charge in [0.2, 0.25) is 0 Å². The Morgan fingerprint density at radius 1 is 1.42 bits per heavy atom. The normalized spacial score (nSPS) is 13.9. The number of hydrogen-bond donors (Lipinski definition) is 2. The van der Waals surface area contributed by atoms with Crippen LogP contribution in [0.4, 0.5) is 5.69 Å². The van der Waals surface area contributed by atoms with Crippen molar-refractivity contribution in [2.24, 2.45) is 0 Å². The van der Waals surface area contributed by atoms with E-state index < -0.39 is 0 Å². The van der Waals surface area contributed by atoms with Gasteiger partial charge in [-0.15, -0.1) is 0 Å². The predicted octanol–water partition coefficient (Wildman–Crippen LogP) is 0.874. The van der Waals surface area contributed by atoms with E-state index in [1.807, 2.05) is 25.2 Å². The van der Waals surface area contributed by atoms with Crippen molar-refractivity contribution in [1.29, 1.82) is 0 Å². The van der Waals surface area contributed by atoms with Crippen molar-refractivity contribution in [2.45, 2.75) is 12.8 Å². The van der Waals surface area contributed by atoms with Crippen LogP contribution in [0.5, 0.6) is 5.75 Å². The Bertz CT molecular complexity index is 448. The second-order valence-corrected chi connectivity index (χ2v) is 4.80. The molecule has 0 saturated carbocycles. The number of aliphatic hydroxyl groups is 1.